The molecule has 5 nitrogen and oxygen atoms in total. The lowest BCUT2D eigenvalue weighted by atomic mass is 10.2. The zero-order valence-corrected chi connectivity index (χ0v) is 12.5. The SMILES string of the molecule is Cc1cccc(OCC(=O)Oc2ccc(Cl)cc2C(=O)O)c1. The predicted molar refractivity (Wildman–Crippen MR) is 80.7 cm³/mol. The molecule has 0 aromatic heterocycles. The van der Waals surface area contributed by atoms with Crippen molar-refractivity contribution in [2.24, 2.45) is 0 Å². The molecule has 0 bridgehead atoms. The van der Waals surface area contributed by atoms with E-state index in [-0.39, 0.29) is 22.9 Å². The Labute approximate surface area is 132 Å². The topological polar surface area (TPSA) is 72.8 Å². The van der Waals surface area contributed by atoms with Gasteiger partial charge in [0.2, 0.25) is 0 Å². The first-order chi connectivity index (χ1) is 10.5. The third kappa shape index (κ3) is 4.23. The van der Waals surface area contributed by atoms with Crippen LogP contribution in [0.2, 0.25) is 5.02 Å². The van der Waals surface area contributed by atoms with Gasteiger partial charge in [0.1, 0.15) is 17.1 Å². The molecular formula is C16H13ClO5. The van der Waals surface area contributed by atoms with Crippen LogP contribution < -0.4 is 9.47 Å². The van der Waals surface area contributed by atoms with Crippen LogP contribution in [0.1, 0.15) is 15.9 Å². The van der Waals surface area contributed by atoms with Crippen molar-refractivity contribution in [3.8, 4) is 11.5 Å². The molecule has 114 valence electrons. The molecule has 0 spiro atoms. The van der Waals surface area contributed by atoms with Gasteiger partial charge in [-0.2, -0.15) is 0 Å². The van der Waals surface area contributed by atoms with Crippen molar-refractivity contribution in [3.63, 3.8) is 0 Å². The first kappa shape index (κ1) is 15.9. The molecular weight excluding hydrogens is 308 g/mol. The summed E-state index contributed by atoms with van der Waals surface area (Å²) in [6, 6.07) is 11.2. The van der Waals surface area contributed by atoms with Crippen molar-refractivity contribution in [1.29, 1.82) is 0 Å². The van der Waals surface area contributed by atoms with Crippen molar-refractivity contribution < 1.29 is 24.2 Å². The number of carbonyl (C=O) groups excluding carboxylic acids is 1. The summed E-state index contributed by atoms with van der Waals surface area (Å²) in [5, 5.41) is 9.30. The number of benzene rings is 2. The van der Waals surface area contributed by atoms with Crippen LogP contribution >= 0.6 is 11.6 Å². The van der Waals surface area contributed by atoms with E-state index in [9.17, 15) is 9.59 Å². The predicted octanol–water partition coefficient (Wildman–Crippen LogP) is 3.33. The molecule has 0 saturated heterocycles. The largest absolute Gasteiger partial charge is 0.482 e. The number of aromatic carboxylic acids is 1. The molecule has 0 heterocycles. The fraction of sp³-hybridized carbons (Fsp3) is 0.125. The maximum absolute atomic E-state index is 11.8. The number of hydrogen-bond donors (Lipinski definition) is 1. The molecule has 0 radical (unpaired) electrons. The lowest BCUT2D eigenvalue weighted by Crippen LogP contribution is -2.19. The average Bonchev–Trinajstić information content (AvgIpc) is 2.47. The summed E-state index contributed by atoms with van der Waals surface area (Å²) in [7, 11) is 0. The smallest absolute Gasteiger partial charge is 0.349 e. The van der Waals surface area contributed by atoms with E-state index in [0.29, 0.717) is 5.75 Å². The van der Waals surface area contributed by atoms with Gasteiger partial charge in [0, 0.05) is 5.02 Å². The Morgan fingerprint density at radius 2 is 1.95 bits per heavy atom. The number of carbonyl (C=O) groups is 2. The van der Waals surface area contributed by atoms with Crippen LogP contribution in [-0.4, -0.2) is 23.7 Å². The normalized spacial score (nSPS) is 10.1. The summed E-state index contributed by atoms with van der Waals surface area (Å²) in [5.74, 6) is -1.47. The van der Waals surface area contributed by atoms with E-state index >= 15 is 0 Å². The molecule has 2 aromatic rings. The Morgan fingerprint density at radius 3 is 2.64 bits per heavy atom. The van der Waals surface area contributed by atoms with Crippen molar-refractivity contribution in [1.82, 2.24) is 0 Å². The Kier molecular flexibility index (Phi) is 5.01. The van der Waals surface area contributed by atoms with E-state index in [1.807, 2.05) is 13.0 Å². The molecule has 0 fully saturated rings. The van der Waals surface area contributed by atoms with Gasteiger partial charge in [-0.25, -0.2) is 9.59 Å². The van der Waals surface area contributed by atoms with Crippen LogP contribution in [0.4, 0.5) is 0 Å². The highest BCUT2D eigenvalue weighted by Crippen LogP contribution is 2.23. The van der Waals surface area contributed by atoms with Gasteiger partial charge in [-0.05, 0) is 42.8 Å². The first-order valence-corrected chi connectivity index (χ1v) is 6.76. The average molecular weight is 321 g/mol. The molecule has 0 unspecified atom stereocenters. The van der Waals surface area contributed by atoms with Crippen LogP contribution in [0.25, 0.3) is 0 Å². The van der Waals surface area contributed by atoms with Gasteiger partial charge in [-0.3, -0.25) is 0 Å². The molecule has 22 heavy (non-hydrogen) atoms. The zero-order valence-electron chi connectivity index (χ0n) is 11.7. The molecule has 2 rings (SSSR count). The lowest BCUT2D eigenvalue weighted by Gasteiger charge is -2.09. The first-order valence-electron chi connectivity index (χ1n) is 6.38. The van der Waals surface area contributed by atoms with Crippen LogP contribution in [0, 0.1) is 6.92 Å². The van der Waals surface area contributed by atoms with Crippen LogP contribution in [0.3, 0.4) is 0 Å². The molecule has 0 saturated carbocycles. The summed E-state index contributed by atoms with van der Waals surface area (Å²) in [5.41, 5.74) is 0.813. The highest BCUT2D eigenvalue weighted by molar-refractivity contribution is 6.31. The second-order valence-corrected chi connectivity index (χ2v) is 4.96. The molecule has 0 atom stereocenters. The van der Waals surface area contributed by atoms with E-state index in [1.165, 1.54) is 18.2 Å². The minimum atomic E-state index is -1.23. The van der Waals surface area contributed by atoms with E-state index in [1.54, 1.807) is 18.2 Å². The van der Waals surface area contributed by atoms with E-state index in [4.69, 9.17) is 26.2 Å². The van der Waals surface area contributed by atoms with Crippen molar-refractivity contribution >= 4 is 23.5 Å². The standard InChI is InChI=1S/C16H13ClO5/c1-10-3-2-4-12(7-10)21-9-15(18)22-14-6-5-11(17)8-13(14)16(19)20/h2-8H,9H2,1H3,(H,19,20). The number of halogens is 1. The molecule has 6 heteroatoms. The highest BCUT2D eigenvalue weighted by atomic mass is 35.5. The quantitative estimate of drug-likeness (QED) is 0.675. The number of carboxylic acid groups (broad SMARTS) is 1. The molecule has 0 aliphatic carbocycles. The van der Waals surface area contributed by atoms with Gasteiger partial charge in [-0.15, -0.1) is 0 Å². The van der Waals surface area contributed by atoms with Crippen molar-refractivity contribution in [3.05, 3.63) is 58.6 Å². The van der Waals surface area contributed by atoms with Crippen molar-refractivity contribution in [2.75, 3.05) is 6.61 Å². The number of aryl methyl sites for hydroxylation is 1. The third-order valence-electron chi connectivity index (χ3n) is 2.74. The number of ether oxygens (including phenoxy) is 2. The van der Waals surface area contributed by atoms with E-state index < -0.39 is 11.9 Å². The minimum Gasteiger partial charge on any atom is -0.482 e. The van der Waals surface area contributed by atoms with E-state index in [0.717, 1.165) is 5.56 Å². The Balaban J connectivity index is 2.02. The van der Waals surface area contributed by atoms with Crippen LogP contribution in [0.15, 0.2) is 42.5 Å². The molecule has 0 aliphatic rings. The number of rotatable bonds is 5. The summed E-state index contributed by atoms with van der Waals surface area (Å²) in [6.45, 7) is 1.57. The molecule has 1 N–H and O–H groups in total. The van der Waals surface area contributed by atoms with Gasteiger partial charge in [0.15, 0.2) is 6.61 Å². The third-order valence-corrected chi connectivity index (χ3v) is 2.98. The summed E-state index contributed by atoms with van der Waals surface area (Å²) in [6.07, 6.45) is 0. The molecule has 0 amide bonds. The Morgan fingerprint density at radius 1 is 1.18 bits per heavy atom. The van der Waals surface area contributed by atoms with Gasteiger partial charge < -0.3 is 14.6 Å². The molecule has 0 aliphatic heterocycles. The minimum absolute atomic E-state index is 0.0743. The van der Waals surface area contributed by atoms with Gasteiger partial charge in [0.25, 0.3) is 0 Å². The number of hydrogen-bond acceptors (Lipinski definition) is 4. The highest BCUT2D eigenvalue weighted by Gasteiger charge is 2.15. The number of esters is 1. The van der Waals surface area contributed by atoms with E-state index in [2.05, 4.69) is 0 Å². The van der Waals surface area contributed by atoms with Gasteiger partial charge in [-0.1, -0.05) is 23.7 Å². The second kappa shape index (κ2) is 6.95. The van der Waals surface area contributed by atoms with Gasteiger partial charge >= 0.3 is 11.9 Å². The Bertz CT molecular complexity index is 711. The second-order valence-electron chi connectivity index (χ2n) is 4.52. The summed E-state index contributed by atoms with van der Waals surface area (Å²) >= 11 is 5.72. The Hall–Kier alpha value is -2.53. The maximum Gasteiger partial charge on any atom is 0.349 e. The zero-order chi connectivity index (χ0) is 16.1. The maximum atomic E-state index is 11.8. The lowest BCUT2D eigenvalue weighted by molar-refractivity contribution is -0.136. The van der Waals surface area contributed by atoms with Crippen LogP contribution in [-0.2, 0) is 4.79 Å². The monoisotopic (exact) mass is 320 g/mol. The summed E-state index contributed by atoms with van der Waals surface area (Å²) < 4.78 is 10.3. The summed E-state index contributed by atoms with van der Waals surface area (Å²) in [4.78, 5) is 22.8. The fourth-order valence-electron chi connectivity index (χ4n) is 1.76. The van der Waals surface area contributed by atoms with Gasteiger partial charge in [0.05, 0.1) is 0 Å². The van der Waals surface area contributed by atoms with Crippen molar-refractivity contribution in [2.45, 2.75) is 6.92 Å². The molecule has 2 aromatic carbocycles. The fourth-order valence-corrected chi connectivity index (χ4v) is 1.93. The van der Waals surface area contributed by atoms with Crippen LogP contribution in [0.5, 0.6) is 11.5 Å². The number of carboxylic acids is 1.